The van der Waals surface area contributed by atoms with E-state index >= 15 is 0 Å². The maximum absolute atomic E-state index is 11.1. The lowest BCUT2D eigenvalue weighted by Crippen LogP contribution is -1.95. The van der Waals surface area contributed by atoms with Gasteiger partial charge in [0.05, 0.1) is 11.3 Å². The molecule has 0 spiro atoms. The van der Waals surface area contributed by atoms with E-state index in [1.54, 1.807) is 23.6 Å². The van der Waals surface area contributed by atoms with Gasteiger partial charge in [-0.1, -0.05) is 12.1 Å². The van der Waals surface area contributed by atoms with Gasteiger partial charge in [-0.3, -0.25) is 4.79 Å². The summed E-state index contributed by atoms with van der Waals surface area (Å²) in [6, 6.07) is 9.25. The van der Waals surface area contributed by atoms with Crippen LogP contribution in [0.15, 0.2) is 29.6 Å². The van der Waals surface area contributed by atoms with Crippen LogP contribution in [0.5, 0.6) is 0 Å². The van der Waals surface area contributed by atoms with E-state index in [1.165, 1.54) is 18.3 Å². The van der Waals surface area contributed by atoms with Crippen molar-refractivity contribution in [2.75, 3.05) is 5.32 Å². The predicted octanol–water partition coefficient (Wildman–Crippen LogP) is 2.96. The summed E-state index contributed by atoms with van der Waals surface area (Å²) in [6.45, 7) is 1.47. The SMILES string of the molecule is CC(=O)c1csc(Nc2ccccc2C#N)n1. The normalized spacial score (nSPS) is 9.65. The van der Waals surface area contributed by atoms with Crippen molar-refractivity contribution in [2.24, 2.45) is 0 Å². The van der Waals surface area contributed by atoms with Crippen molar-refractivity contribution in [1.82, 2.24) is 4.98 Å². The summed E-state index contributed by atoms with van der Waals surface area (Å²) in [5.74, 6) is -0.0668. The first-order valence-corrected chi connectivity index (χ1v) is 5.81. The Kier molecular flexibility index (Phi) is 3.17. The Hall–Kier alpha value is -2.19. The molecule has 84 valence electrons. The number of anilines is 2. The van der Waals surface area contributed by atoms with Gasteiger partial charge < -0.3 is 5.32 Å². The molecule has 1 N–H and O–H groups in total. The largest absolute Gasteiger partial charge is 0.330 e. The molecule has 1 aromatic heterocycles. The standard InChI is InChI=1S/C12H9N3OS/c1-8(16)11-7-17-12(15-11)14-10-5-3-2-4-9(10)6-13/h2-5,7H,1H3,(H,14,15). The first-order chi connectivity index (χ1) is 8.20. The number of nitrogens with zero attached hydrogens (tertiary/aromatic N) is 2. The van der Waals surface area contributed by atoms with Crippen molar-refractivity contribution >= 4 is 27.9 Å². The molecular weight excluding hydrogens is 234 g/mol. The molecule has 1 heterocycles. The lowest BCUT2D eigenvalue weighted by molar-refractivity contribution is 0.101. The number of rotatable bonds is 3. The highest BCUT2D eigenvalue weighted by Gasteiger charge is 2.07. The van der Waals surface area contributed by atoms with Crippen molar-refractivity contribution in [1.29, 1.82) is 5.26 Å². The van der Waals surface area contributed by atoms with Gasteiger partial charge in [-0.05, 0) is 12.1 Å². The van der Waals surface area contributed by atoms with Crippen LogP contribution in [0.25, 0.3) is 0 Å². The Bertz CT molecular complexity index is 598. The minimum absolute atomic E-state index is 0.0668. The van der Waals surface area contributed by atoms with Crippen molar-refractivity contribution < 1.29 is 4.79 Å². The summed E-state index contributed by atoms with van der Waals surface area (Å²) in [7, 11) is 0. The molecule has 1 aromatic carbocycles. The molecule has 0 saturated carbocycles. The lowest BCUT2D eigenvalue weighted by atomic mass is 10.2. The smallest absolute Gasteiger partial charge is 0.187 e. The molecule has 0 aliphatic carbocycles. The van der Waals surface area contributed by atoms with Gasteiger partial charge in [-0.15, -0.1) is 11.3 Å². The summed E-state index contributed by atoms with van der Waals surface area (Å²) in [4.78, 5) is 15.2. The van der Waals surface area contributed by atoms with Gasteiger partial charge in [0.1, 0.15) is 11.8 Å². The quantitative estimate of drug-likeness (QED) is 0.842. The number of aromatic nitrogens is 1. The highest BCUT2D eigenvalue weighted by molar-refractivity contribution is 7.14. The van der Waals surface area contributed by atoms with E-state index in [4.69, 9.17) is 5.26 Å². The molecule has 0 bridgehead atoms. The maximum Gasteiger partial charge on any atom is 0.187 e. The van der Waals surface area contributed by atoms with E-state index in [0.29, 0.717) is 22.1 Å². The van der Waals surface area contributed by atoms with Crippen molar-refractivity contribution in [2.45, 2.75) is 6.92 Å². The number of nitrogens with one attached hydrogen (secondary N) is 1. The van der Waals surface area contributed by atoms with E-state index in [2.05, 4.69) is 16.4 Å². The van der Waals surface area contributed by atoms with E-state index in [0.717, 1.165) is 0 Å². The molecule has 0 amide bonds. The minimum Gasteiger partial charge on any atom is -0.330 e. The zero-order valence-corrected chi connectivity index (χ0v) is 9.91. The average molecular weight is 243 g/mol. The second-order valence-corrected chi connectivity index (χ2v) is 4.23. The fourth-order valence-electron chi connectivity index (χ4n) is 1.30. The molecule has 0 radical (unpaired) electrons. The fourth-order valence-corrected chi connectivity index (χ4v) is 2.06. The van der Waals surface area contributed by atoms with Gasteiger partial charge in [0.25, 0.3) is 0 Å². The van der Waals surface area contributed by atoms with Crippen LogP contribution in [0.3, 0.4) is 0 Å². The lowest BCUT2D eigenvalue weighted by Gasteiger charge is -2.03. The van der Waals surface area contributed by atoms with Crippen LogP contribution in [-0.2, 0) is 0 Å². The number of nitriles is 1. The van der Waals surface area contributed by atoms with Gasteiger partial charge in [0, 0.05) is 12.3 Å². The third-order valence-electron chi connectivity index (χ3n) is 2.15. The summed E-state index contributed by atoms with van der Waals surface area (Å²) in [5, 5.41) is 14.3. The van der Waals surface area contributed by atoms with Crippen LogP contribution >= 0.6 is 11.3 Å². The van der Waals surface area contributed by atoms with Gasteiger partial charge in [-0.2, -0.15) is 5.26 Å². The second kappa shape index (κ2) is 4.76. The van der Waals surface area contributed by atoms with E-state index in [1.807, 2.05) is 6.07 Å². The van der Waals surface area contributed by atoms with Crippen LogP contribution < -0.4 is 5.32 Å². The molecule has 0 unspecified atom stereocenters. The molecule has 0 aliphatic heterocycles. The summed E-state index contributed by atoms with van der Waals surface area (Å²) < 4.78 is 0. The Balaban J connectivity index is 2.26. The Morgan fingerprint density at radius 3 is 2.88 bits per heavy atom. The third kappa shape index (κ3) is 2.49. The number of benzene rings is 1. The second-order valence-electron chi connectivity index (χ2n) is 3.38. The summed E-state index contributed by atoms with van der Waals surface area (Å²) in [6.07, 6.45) is 0. The number of carbonyl (C=O) groups excluding carboxylic acids is 1. The molecule has 0 atom stereocenters. The number of hydrogen-bond donors (Lipinski definition) is 1. The van der Waals surface area contributed by atoms with Gasteiger partial charge >= 0.3 is 0 Å². The first-order valence-electron chi connectivity index (χ1n) is 4.93. The Morgan fingerprint density at radius 1 is 1.47 bits per heavy atom. The number of thiazole rings is 1. The zero-order chi connectivity index (χ0) is 12.3. The molecule has 2 aromatic rings. The van der Waals surface area contributed by atoms with Gasteiger partial charge in [0.15, 0.2) is 10.9 Å². The Morgan fingerprint density at radius 2 is 2.24 bits per heavy atom. The molecule has 0 fully saturated rings. The number of para-hydroxylation sites is 1. The molecule has 17 heavy (non-hydrogen) atoms. The highest BCUT2D eigenvalue weighted by atomic mass is 32.1. The van der Waals surface area contributed by atoms with Crippen LogP contribution in [0.1, 0.15) is 23.0 Å². The van der Waals surface area contributed by atoms with Crippen molar-refractivity contribution in [3.8, 4) is 6.07 Å². The Labute approximate surface area is 103 Å². The number of ketones is 1. The molecule has 0 aliphatic rings. The van der Waals surface area contributed by atoms with Crippen LogP contribution in [0, 0.1) is 11.3 Å². The van der Waals surface area contributed by atoms with Crippen LogP contribution in [0.4, 0.5) is 10.8 Å². The molecule has 2 rings (SSSR count). The zero-order valence-electron chi connectivity index (χ0n) is 9.10. The van der Waals surface area contributed by atoms with Gasteiger partial charge in [0.2, 0.25) is 0 Å². The summed E-state index contributed by atoms with van der Waals surface area (Å²) in [5.41, 5.74) is 1.68. The number of Topliss-reactive ketones (excluding diaryl/α,β-unsaturated/α-hetero) is 1. The average Bonchev–Trinajstić information content (AvgIpc) is 2.78. The van der Waals surface area contributed by atoms with Crippen LogP contribution in [-0.4, -0.2) is 10.8 Å². The minimum atomic E-state index is -0.0668. The van der Waals surface area contributed by atoms with Crippen molar-refractivity contribution in [3.63, 3.8) is 0 Å². The summed E-state index contributed by atoms with van der Waals surface area (Å²) >= 11 is 1.34. The number of carbonyl (C=O) groups is 1. The topological polar surface area (TPSA) is 65.8 Å². The van der Waals surface area contributed by atoms with Gasteiger partial charge in [-0.25, -0.2) is 4.98 Å². The fraction of sp³-hybridized carbons (Fsp3) is 0.0833. The predicted molar refractivity (Wildman–Crippen MR) is 66.6 cm³/mol. The molecule has 0 saturated heterocycles. The van der Waals surface area contributed by atoms with E-state index in [-0.39, 0.29) is 5.78 Å². The first kappa shape index (κ1) is 11.3. The maximum atomic E-state index is 11.1. The third-order valence-corrected chi connectivity index (χ3v) is 2.91. The molecular formula is C12H9N3OS. The highest BCUT2D eigenvalue weighted by Crippen LogP contribution is 2.23. The van der Waals surface area contributed by atoms with Crippen molar-refractivity contribution in [3.05, 3.63) is 40.9 Å². The molecule has 4 nitrogen and oxygen atoms in total. The molecule has 5 heteroatoms. The van der Waals surface area contributed by atoms with E-state index in [9.17, 15) is 4.79 Å². The monoisotopic (exact) mass is 243 g/mol. The van der Waals surface area contributed by atoms with Crippen LogP contribution in [0.2, 0.25) is 0 Å². The van der Waals surface area contributed by atoms with E-state index < -0.39 is 0 Å². The number of hydrogen-bond acceptors (Lipinski definition) is 5.